The lowest BCUT2D eigenvalue weighted by molar-refractivity contribution is 0.297. The van der Waals surface area contributed by atoms with Gasteiger partial charge in [0.25, 0.3) is 0 Å². The highest BCUT2D eigenvalue weighted by atomic mass is 35.5. The summed E-state index contributed by atoms with van der Waals surface area (Å²) in [6.07, 6.45) is 3.84. The Balaban J connectivity index is 1.47. The number of nitrogens with zero attached hydrogens (tertiary/aromatic N) is 4. The average Bonchev–Trinajstić information content (AvgIpc) is 3.23. The van der Waals surface area contributed by atoms with Gasteiger partial charge in [-0.2, -0.15) is 9.97 Å². The van der Waals surface area contributed by atoms with E-state index in [0.717, 1.165) is 36.7 Å². The van der Waals surface area contributed by atoms with Gasteiger partial charge in [-0.3, -0.25) is 10.4 Å². The van der Waals surface area contributed by atoms with E-state index in [4.69, 9.17) is 27.5 Å². The van der Waals surface area contributed by atoms with Crippen LogP contribution in [0.15, 0.2) is 42.6 Å². The number of anilines is 1. The molecule has 2 aromatic heterocycles. The van der Waals surface area contributed by atoms with Gasteiger partial charge in [-0.15, -0.1) is 0 Å². The van der Waals surface area contributed by atoms with Crippen LogP contribution in [0, 0.1) is 11.2 Å². The molecular formula is C26H26ClFN8O. The zero-order chi connectivity index (χ0) is 25.5. The van der Waals surface area contributed by atoms with Crippen LogP contribution in [-0.2, 0) is 0 Å². The Labute approximate surface area is 217 Å². The number of aromatic nitrogens is 3. The second-order valence-corrected chi connectivity index (χ2v) is 9.80. The van der Waals surface area contributed by atoms with Gasteiger partial charge in [0.1, 0.15) is 23.6 Å². The molecule has 6 rings (SSSR count). The zero-order valence-electron chi connectivity index (χ0n) is 20.0. The van der Waals surface area contributed by atoms with Crippen LogP contribution < -0.4 is 26.0 Å². The summed E-state index contributed by atoms with van der Waals surface area (Å²) in [5.74, 6) is -0.110. The van der Waals surface area contributed by atoms with Gasteiger partial charge in [0, 0.05) is 47.3 Å². The summed E-state index contributed by atoms with van der Waals surface area (Å²) in [6.45, 7) is 1.98. The number of nitrogens with one attached hydrogen (secondary N) is 3. The van der Waals surface area contributed by atoms with Gasteiger partial charge in [0.05, 0.1) is 11.9 Å². The van der Waals surface area contributed by atoms with E-state index in [1.807, 2.05) is 30.3 Å². The van der Waals surface area contributed by atoms with Crippen LogP contribution in [0.3, 0.4) is 0 Å². The lowest BCUT2D eigenvalue weighted by atomic mass is 10.0. The van der Waals surface area contributed by atoms with Crippen molar-refractivity contribution in [2.45, 2.75) is 24.9 Å². The molecule has 0 spiro atoms. The highest BCUT2D eigenvalue weighted by Crippen LogP contribution is 2.37. The van der Waals surface area contributed by atoms with Crippen LogP contribution in [0.1, 0.15) is 12.8 Å². The number of halogens is 2. The number of piperazine rings is 1. The number of hydrogen-bond acceptors (Lipinski definition) is 7. The molecule has 2 fully saturated rings. The number of fused-ring (bicyclic) bond motifs is 4. The highest BCUT2D eigenvalue weighted by molar-refractivity contribution is 6.36. The maximum Gasteiger partial charge on any atom is 0.319 e. The Morgan fingerprint density at radius 3 is 2.70 bits per heavy atom. The fourth-order valence-corrected chi connectivity index (χ4v) is 5.59. The number of pyridine rings is 1. The summed E-state index contributed by atoms with van der Waals surface area (Å²) in [7, 11) is 0. The van der Waals surface area contributed by atoms with Crippen LogP contribution in [0.2, 0.25) is 5.02 Å². The molecule has 0 amide bonds. The summed E-state index contributed by atoms with van der Waals surface area (Å²) in [5.41, 5.74) is 6.25. The third kappa shape index (κ3) is 4.47. The zero-order valence-corrected chi connectivity index (χ0v) is 20.7. The first-order valence-corrected chi connectivity index (χ1v) is 12.6. The topological polar surface area (TPSA) is 125 Å². The molecule has 0 aliphatic carbocycles. The van der Waals surface area contributed by atoms with Crippen molar-refractivity contribution < 1.29 is 9.13 Å². The quantitative estimate of drug-likeness (QED) is 0.173. The number of rotatable bonds is 6. The predicted octanol–water partition coefficient (Wildman–Crippen LogP) is 3.44. The van der Waals surface area contributed by atoms with Crippen molar-refractivity contribution in [2.75, 3.05) is 31.1 Å². The third-order valence-electron chi connectivity index (χ3n) is 6.92. The van der Waals surface area contributed by atoms with Crippen LogP contribution in [0.5, 0.6) is 6.01 Å². The van der Waals surface area contributed by atoms with E-state index in [2.05, 4.69) is 30.5 Å². The smallest absolute Gasteiger partial charge is 0.319 e. The molecule has 2 aromatic carbocycles. The molecule has 2 aliphatic rings. The van der Waals surface area contributed by atoms with Crippen molar-refractivity contribution in [2.24, 2.45) is 5.73 Å². The minimum Gasteiger partial charge on any atom is -0.462 e. The van der Waals surface area contributed by atoms with Crippen molar-refractivity contribution in [1.29, 1.82) is 5.41 Å². The molecule has 4 aromatic rings. The summed E-state index contributed by atoms with van der Waals surface area (Å²) < 4.78 is 22.0. The molecule has 2 unspecified atom stereocenters. The monoisotopic (exact) mass is 520 g/mol. The van der Waals surface area contributed by atoms with Gasteiger partial charge in [-0.25, -0.2) is 4.39 Å². The minimum atomic E-state index is -0.557. The minimum absolute atomic E-state index is 0.0609. The Morgan fingerprint density at radius 2 is 1.95 bits per heavy atom. The fraction of sp³-hybridized carbons (Fsp3) is 0.308. The molecule has 2 atom stereocenters. The molecule has 2 bridgehead atoms. The number of hydrogen-bond donors (Lipinski definition) is 4. The van der Waals surface area contributed by atoms with Crippen molar-refractivity contribution in [1.82, 2.24) is 25.6 Å². The fourth-order valence-electron chi connectivity index (χ4n) is 5.31. The van der Waals surface area contributed by atoms with Gasteiger partial charge >= 0.3 is 6.01 Å². The second kappa shape index (κ2) is 9.60. The van der Waals surface area contributed by atoms with Crippen molar-refractivity contribution >= 4 is 45.1 Å². The van der Waals surface area contributed by atoms with Crippen LogP contribution >= 0.6 is 11.6 Å². The van der Waals surface area contributed by atoms with Crippen molar-refractivity contribution in [3.05, 3.63) is 53.4 Å². The largest absolute Gasteiger partial charge is 0.462 e. The first kappa shape index (κ1) is 23.6. The van der Waals surface area contributed by atoms with Gasteiger partial charge in [-0.05, 0) is 24.3 Å². The number of ether oxygens (including phenoxy) is 1. The van der Waals surface area contributed by atoms with E-state index in [1.54, 1.807) is 12.3 Å². The lowest BCUT2D eigenvalue weighted by Crippen LogP contribution is -2.51. The lowest BCUT2D eigenvalue weighted by Gasteiger charge is -2.34. The maximum absolute atomic E-state index is 16.3. The summed E-state index contributed by atoms with van der Waals surface area (Å²) in [5, 5.41) is 16.3. The van der Waals surface area contributed by atoms with E-state index in [1.165, 1.54) is 0 Å². The van der Waals surface area contributed by atoms with E-state index < -0.39 is 5.82 Å². The SMILES string of the molecule is N=C(N)NCCOc1nc(N2CC3CCC(C2)N3)c2cnc(-c3cccc4cccc(Cl)c34)c(F)c2n1. The van der Waals surface area contributed by atoms with E-state index in [9.17, 15) is 0 Å². The first-order valence-electron chi connectivity index (χ1n) is 12.2. The molecule has 11 heteroatoms. The number of nitrogens with two attached hydrogens (primary N) is 1. The predicted molar refractivity (Wildman–Crippen MR) is 143 cm³/mol. The average molecular weight is 521 g/mol. The molecule has 4 heterocycles. The molecule has 9 nitrogen and oxygen atoms in total. The van der Waals surface area contributed by atoms with Crippen LogP contribution in [0.4, 0.5) is 10.2 Å². The van der Waals surface area contributed by atoms with Crippen molar-refractivity contribution in [3.8, 4) is 17.3 Å². The number of guanidine groups is 1. The van der Waals surface area contributed by atoms with Gasteiger partial charge in [0.2, 0.25) is 0 Å². The number of benzene rings is 2. The molecule has 2 saturated heterocycles. The first-order chi connectivity index (χ1) is 18.0. The highest BCUT2D eigenvalue weighted by Gasteiger charge is 2.34. The standard InChI is InChI=1S/C26H26ClFN8O/c27-19-6-2-4-14-3-1-5-17(20(14)19)22-21(28)23-18(11-32-22)24(36-12-15-7-8-16(13-36)33-15)35-26(34-23)37-10-9-31-25(29)30/h1-6,11,15-16,33H,7-10,12-13H2,(H4,29,30,31). The Hall–Kier alpha value is -3.76. The van der Waals surface area contributed by atoms with Crippen LogP contribution in [0.25, 0.3) is 32.9 Å². The van der Waals surface area contributed by atoms with E-state index in [-0.39, 0.29) is 29.8 Å². The third-order valence-corrected chi connectivity index (χ3v) is 7.23. The van der Waals surface area contributed by atoms with E-state index in [0.29, 0.717) is 40.4 Å². The maximum atomic E-state index is 16.3. The Bertz CT molecular complexity index is 1500. The molecule has 2 aliphatic heterocycles. The normalized spacial score (nSPS) is 18.9. The molecule has 0 radical (unpaired) electrons. The Morgan fingerprint density at radius 1 is 1.19 bits per heavy atom. The molecule has 37 heavy (non-hydrogen) atoms. The van der Waals surface area contributed by atoms with Gasteiger partial charge in [0.15, 0.2) is 11.8 Å². The van der Waals surface area contributed by atoms with Crippen LogP contribution in [-0.4, -0.2) is 59.2 Å². The summed E-state index contributed by atoms with van der Waals surface area (Å²) in [4.78, 5) is 15.8. The summed E-state index contributed by atoms with van der Waals surface area (Å²) >= 11 is 6.52. The van der Waals surface area contributed by atoms with Gasteiger partial charge in [-0.1, -0.05) is 41.9 Å². The molecule has 190 valence electrons. The second-order valence-electron chi connectivity index (χ2n) is 9.39. The van der Waals surface area contributed by atoms with Crippen molar-refractivity contribution in [3.63, 3.8) is 0 Å². The summed E-state index contributed by atoms with van der Waals surface area (Å²) in [6, 6.07) is 12.0. The Kier molecular flexibility index (Phi) is 6.13. The molecule has 5 N–H and O–H groups in total. The van der Waals surface area contributed by atoms with E-state index >= 15 is 4.39 Å². The molecular weight excluding hydrogens is 495 g/mol. The van der Waals surface area contributed by atoms with Gasteiger partial charge < -0.3 is 26.0 Å². The molecule has 0 saturated carbocycles.